The van der Waals surface area contributed by atoms with Gasteiger partial charge in [0.1, 0.15) is 23.8 Å². The molecule has 0 aliphatic heterocycles. The molecule has 19 heavy (non-hydrogen) atoms. The molecular formula is C15H17NO3. The molecule has 1 atom stereocenters. The number of ether oxygens (including phenoxy) is 1. The zero-order valence-corrected chi connectivity index (χ0v) is 10.9. The normalized spacial score (nSPS) is 18.1. The predicted octanol–water partition coefficient (Wildman–Crippen LogP) is 2.93. The van der Waals surface area contributed by atoms with Crippen molar-refractivity contribution in [1.29, 1.82) is 0 Å². The molecule has 0 spiro atoms. The molecule has 2 aromatic rings. The fraction of sp³-hybridized carbons (Fsp3) is 0.400. The van der Waals surface area contributed by atoms with E-state index >= 15 is 0 Å². The Hall–Kier alpha value is -1.81. The summed E-state index contributed by atoms with van der Waals surface area (Å²) in [7, 11) is 0. The van der Waals surface area contributed by atoms with E-state index in [1.54, 1.807) is 0 Å². The van der Waals surface area contributed by atoms with Gasteiger partial charge in [0.25, 0.3) is 0 Å². The summed E-state index contributed by atoms with van der Waals surface area (Å²) in [4.78, 5) is 0. The third kappa shape index (κ3) is 2.63. The van der Waals surface area contributed by atoms with E-state index < -0.39 is 0 Å². The van der Waals surface area contributed by atoms with Crippen molar-refractivity contribution in [3.05, 3.63) is 46.8 Å². The number of hydrogen-bond acceptors (Lipinski definition) is 4. The van der Waals surface area contributed by atoms with Gasteiger partial charge in [-0.3, -0.25) is 0 Å². The van der Waals surface area contributed by atoms with Gasteiger partial charge >= 0.3 is 0 Å². The third-order valence-electron chi connectivity index (χ3n) is 3.46. The predicted molar refractivity (Wildman–Crippen MR) is 69.9 cm³/mol. The zero-order chi connectivity index (χ0) is 13.2. The molecule has 0 saturated heterocycles. The van der Waals surface area contributed by atoms with Crippen LogP contribution in [-0.2, 0) is 13.0 Å². The summed E-state index contributed by atoms with van der Waals surface area (Å²) in [6.07, 6.45) is 2.56. The first-order chi connectivity index (χ1) is 9.22. The molecule has 0 fully saturated rings. The minimum absolute atomic E-state index is 0.360. The number of fused-ring (bicyclic) bond motifs is 1. The summed E-state index contributed by atoms with van der Waals surface area (Å²) in [6, 6.07) is 7.78. The second-order valence-electron chi connectivity index (χ2n) is 4.99. The standard InChI is InChI=1S/C15H17NO3/c1-10-7-12(16-19-10)9-18-13-6-5-11-3-2-4-15(17)14(11)8-13/h5-8,15,17H,2-4,9H2,1H3/t15-/m0/s1. The smallest absolute Gasteiger partial charge is 0.134 e. The fourth-order valence-electron chi connectivity index (χ4n) is 2.49. The number of aromatic nitrogens is 1. The molecular weight excluding hydrogens is 242 g/mol. The van der Waals surface area contributed by atoms with Gasteiger partial charge in [0.2, 0.25) is 0 Å². The quantitative estimate of drug-likeness (QED) is 0.920. The molecule has 3 rings (SSSR count). The Morgan fingerprint density at radius 1 is 1.42 bits per heavy atom. The van der Waals surface area contributed by atoms with Gasteiger partial charge in [-0.15, -0.1) is 0 Å². The van der Waals surface area contributed by atoms with Gasteiger partial charge in [0, 0.05) is 6.07 Å². The largest absolute Gasteiger partial charge is 0.487 e. The van der Waals surface area contributed by atoms with Crippen molar-refractivity contribution >= 4 is 0 Å². The summed E-state index contributed by atoms with van der Waals surface area (Å²) in [5.41, 5.74) is 3.00. The molecule has 4 nitrogen and oxygen atoms in total. The number of aryl methyl sites for hydroxylation is 2. The van der Waals surface area contributed by atoms with E-state index in [9.17, 15) is 5.11 Å². The Morgan fingerprint density at radius 3 is 3.11 bits per heavy atom. The van der Waals surface area contributed by atoms with Crippen molar-refractivity contribution in [3.8, 4) is 5.75 Å². The van der Waals surface area contributed by atoms with Gasteiger partial charge in [-0.2, -0.15) is 0 Å². The average molecular weight is 259 g/mol. The van der Waals surface area contributed by atoms with Crippen LogP contribution in [0.15, 0.2) is 28.8 Å². The Labute approximate surface area is 112 Å². The molecule has 0 radical (unpaired) electrons. The Morgan fingerprint density at radius 2 is 2.32 bits per heavy atom. The van der Waals surface area contributed by atoms with Crippen LogP contribution in [0, 0.1) is 6.92 Å². The molecule has 0 saturated carbocycles. The Bertz CT molecular complexity index is 577. The molecule has 4 heteroatoms. The Kier molecular flexibility index (Phi) is 3.25. The molecule has 1 N–H and O–H groups in total. The van der Waals surface area contributed by atoms with Crippen LogP contribution < -0.4 is 4.74 Å². The highest BCUT2D eigenvalue weighted by atomic mass is 16.5. The summed E-state index contributed by atoms with van der Waals surface area (Å²) < 4.78 is 10.7. The second kappa shape index (κ2) is 5.05. The molecule has 1 aliphatic rings. The highest BCUT2D eigenvalue weighted by molar-refractivity contribution is 5.38. The number of benzene rings is 1. The maximum atomic E-state index is 9.99. The van der Waals surface area contributed by atoms with Crippen molar-refractivity contribution in [3.63, 3.8) is 0 Å². The van der Waals surface area contributed by atoms with Gasteiger partial charge in [-0.05, 0) is 49.4 Å². The van der Waals surface area contributed by atoms with Crippen LogP contribution in [0.3, 0.4) is 0 Å². The second-order valence-corrected chi connectivity index (χ2v) is 4.99. The van der Waals surface area contributed by atoms with Crippen molar-refractivity contribution < 1.29 is 14.4 Å². The molecule has 0 unspecified atom stereocenters. The fourth-order valence-corrected chi connectivity index (χ4v) is 2.49. The van der Waals surface area contributed by atoms with E-state index in [1.165, 1.54) is 5.56 Å². The van der Waals surface area contributed by atoms with Crippen molar-refractivity contribution in [2.75, 3.05) is 0 Å². The summed E-state index contributed by atoms with van der Waals surface area (Å²) in [6.45, 7) is 2.23. The van der Waals surface area contributed by atoms with Gasteiger partial charge < -0.3 is 14.4 Å². The summed E-state index contributed by atoms with van der Waals surface area (Å²) in [5.74, 6) is 1.54. The minimum Gasteiger partial charge on any atom is -0.487 e. The van der Waals surface area contributed by atoms with Gasteiger partial charge in [-0.1, -0.05) is 11.2 Å². The first-order valence-electron chi connectivity index (χ1n) is 6.58. The molecule has 1 aromatic carbocycles. The van der Waals surface area contributed by atoms with E-state index in [1.807, 2.05) is 31.2 Å². The number of aliphatic hydroxyl groups is 1. The zero-order valence-electron chi connectivity index (χ0n) is 10.9. The summed E-state index contributed by atoms with van der Waals surface area (Å²) in [5, 5.41) is 13.9. The lowest BCUT2D eigenvalue weighted by molar-refractivity contribution is 0.156. The van der Waals surface area contributed by atoms with Crippen LogP contribution in [0.5, 0.6) is 5.75 Å². The average Bonchev–Trinajstić information content (AvgIpc) is 2.83. The van der Waals surface area contributed by atoms with Crippen molar-refractivity contribution in [1.82, 2.24) is 5.16 Å². The topological polar surface area (TPSA) is 55.5 Å². The molecule has 1 heterocycles. The lowest BCUT2D eigenvalue weighted by atomic mass is 9.89. The third-order valence-corrected chi connectivity index (χ3v) is 3.46. The number of nitrogens with zero attached hydrogens (tertiary/aromatic N) is 1. The van der Waals surface area contributed by atoms with E-state index in [4.69, 9.17) is 9.26 Å². The maximum absolute atomic E-state index is 9.99. The van der Waals surface area contributed by atoms with Crippen LogP contribution in [0.25, 0.3) is 0 Å². The van der Waals surface area contributed by atoms with Crippen LogP contribution in [0.4, 0.5) is 0 Å². The molecule has 1 aliphatic carbocycles. The number of rotatable bonds is 3. The molecule has 0 bridgehead atoms. The minimum atomic E-state index is -0.360. The maximum Gasteiger partial charge on any atom is 0.134 e. The van der Waals surface area contributed by atoms with Crippen LogP contribution in [0.2, 0.25) is 0 Å². The number of aliphatic hydroxyl groups excluding tert-OH is 1. The van der Waals surface area contributed by atoms with Crippen LogP contribution >= 0.6 is 0 Å². The van der Waals surface area contributed by atoms with Crippen molar-refractivity contribution in [2.24, 2.45) is 0 Å². The first kappa shape index (κ1) is 12.2. The lowest BCUT2D eigenvalue weighted by Crippen LogP contribution is -2.09. The van der Waals surface area contributed by atoms with Gasteiger partial charge in [0.15, 0.2) is 0 Å². The van der Waals surface area contributed by atoms with Gasteiger partial charge in [0.05, 0.1) is 6.10 Å². The van der Waals surface area contributed by atoms with Crippen molar-refractivity contribution in [2.45, 2.75) is 38.9 Å². The molecule has 0 amide bonds. The monoisotopic (exact) mass is 259 g/mol. The highest BCUT2D eigenvalue weighted by Crippen LogP contribution is 2.32. The SMILES string of the molecule is Cc1cc(COc2ccc3c(c2)[C@@H](O)CCC3)no1. The van der Waals surface area contributed by atoms with E-state index in [0.29, 0.717) is 6.61 Å². The van der Waals surface area contributed by atoms with E-state index in [2.05, 4.69) is 5.16 Å². The van der Waals surface area contributed by atoms with Crippen LogP contribution in [-0.4, -0.2) is 10.3 Å². The summed E-state index contributed by atoms with van der Waals surface area (Å²) >= 11 is 0. The van der Waals surface area contributed by atoms with Crippen LogP contribution in [0.1, 0.15) is 41.5 Å². The van der Waals surface area contributed by atoms with Gasteiger partial charge in [-0.25, -0.2) is 0 Å². The lowest BCUT2D eigenvalue weighted by Gasteiger charge is -2.21. The van der Waals surface area contributed by atoms with E-state index in [-0.39, 0.29) is 6.10 Å². The molecule has 1 aromatic heterocycles. The Balaban J connectivity index is 1.73. The first-order valence-corrected chi connectivity index (χ1v) is 6.58. The number of hydrogen-bond donors (Lipinski definition) is 1. The molecule has 100 valence electrons. The van der Waals surface area contributed by atoms with E-state index in [0.717, 1.165) is 42.0 Å². The highest BCUT2D eigenvalue weighted by Gasteiger charge is 2.18.